The van der Waals surface area contributed by atoms with Crippen molar-refractivity contribution in [2.45, 2.75) is 19.4 Å². The Balaban J connectivity index is 1.22. The second kappa shape index (κ2) is 5.56. The highest BCUT2D eigenvalue weighted by Gasteiger charge is 2.59. The first-order chi connectivity index (χ1) is 13.6. The van der Waals surface area contributed by atoms with Gasteiger partial charge in [0.05, 0.1) is 11.8 Å². The molecule has 0 radical (unpaired) electrons. The summed E-state index contributed by atoms with van der Waals surface area (Å²) in [5.41, 5.74) is 3.41. The van der Waals surface area contributed by atoms with Gasteiger partial charge in [-0.2, -0.15) is 0 Å². The van der Waals surface area contributed by atoms with E-state index in [2.05, 4.69) is 23.2 Å². The summed E-state index contributed by atoms with van der Waals surface area (Å²) in [4.78, 5) is 45.1. The number of amides is 3. The quantitative estimate of drug-likeness (QED) is 0.643. The van der Waals surface area contributed by atoms with Crippen LogP contribution in [0.4, 0.5) is 0 Å². The average molecular weight is 375 g/mol. The summed E-state index contributed by atoms with van der Waals surface area (Å²) >= 11 is 0. The molecule has 0 spiro atoms. The van der Waals surface area contributed by atoms with Gasteiger partial charge in [-0.3, -0.25) is 19.3 Å². The maximum absolute atomic E-state index is 13.0. The highest BCUT2D eigenvalue weighted by atomic mass is 16.2. The minimum Gasteiger partial charge on any atom is -0.358 e. The third-order valence-electron chi connectivity index (χ3n) is 7.09. The Labute approximate surface area is 162 Å². The van der Waals surface area contributed by atoms with Crippen LogP contribution in [-0.4, -0.2) is 45.6 Å². The van der Waals surface area contributed by atoms with E-state index in [0.717, 1.165) is 29.3 Å². The Morgan fingerprint density at radius 1 is 1.07 bits per heavy atom. The summed E-state index contributed by atoms with van der Waals surface area (Å²) in [7, 11) is 0. The zero-order chi connectivity index (χ0) is 19.0. The van der Waals surface area contributed by atoms with Crippen molar-refractivity contribution < 1.29 is 14.4 Å². The summed E-state index contributed by atoms with van der Waals surface area (Å²) in [6, 6.07) is 8.11. The molecule has 2 fully saturated rings. The molecule has 2 bridgehead atoms. The fourth-order valence-electron chi connectivity index (χ4n) is 5.73. The van der Waals surface area contributed by atoms with Crippen molar-refractivity contribution in [3.8, 4) is 0 Å². The van der Waals surface area contributed by atoms with Gasteiger partial charge < -0.3 is 9.88 Å². The van der Waals surface area contributed by atoms with Gasteiger partial charge in [-0.05, 0) is 24.3 Å². The molecule has 4 unspecified atom stereocenters. The van der Waals surface area contributed by atoms with Crippen LogP contribution in [0.2, 0.25) is 0 Å². The number of aromatic nitrogens is 1. The van der Waals surface area contributed by atoms with Crippen LogP contribution in [0.25, 0.3) is 10.9 Å². The number of fused-ring (bicyclic) bond motifs is 8. The van der Waals surface area contributed by atoms with Gasteiger partial charge in [0.15, 0.2) is 0 Å². The zero-order valence-corrected chi connectivity index (χ0v) is 15.4. The fraction of sp³-hybridized carbons (Fsp3) is 0.409. The number of para-hydroxylation sites is 1. The molecule has 6 nitrogen and oxygen atoms in total. The van der Waals surface area contributed by atoms with Crippen LogP contribution < -0.4 is 0 Å². The molecular weight excluding hydrogens is 354 g/mol. The second-order valence-electron chi connectivity index (χ2n) is 8.46. The maximum atomic E-state index is 13.0. The summed E-state index contributed by atoms with van der Waals surface area (Å²) in [6.07, 6.45) is 5.82. The number of benzene rings is 1. The molecule has 1 saturated carbocycles. The minimum atomic E-state index is -0.239. The van der Waals surface area contributed by atoms with E-state index in [-0.39, 0.29) is 47.9 Å². The number of hydrogen-bond donors (Lipinski definition) is 1. The number of rotatable bonds is 2. The molecule has 1 aromatic heterocycles. The number of hydrogen-bond acceptors (Lipinski definition) is 3. The van der Waals surface area contributed by atoms with Gasteiger partial charge in [-0.25, -0.2) is 0 Å². The number of nitrogens with one attached hydrogen (secondary N) is 1. The molecule has 6 rings (SSSR count). The molecule has 142 valence electrons. The van der Waals surface area contributed by atoms with Crippen molar-refractivity contribution in [1.82, 2.24) is 14.8 Å². The molecule has 1 N–H and O–H groups in total. The summed E-state index contributed by atoms with van der Waals surface area (Å²) in [6.45, 7) is 1.00. The molecule has 4 atom stereocenters. The number of carbonyl (C=O) groups is 3. The Bertz CT molecular complexity index is 1040. The van der Waals surface area contributed by atoms with Crippen molar-refractivity contribution in [2.24, 2.45) is 23.7 Å². The van der Waals surface area contributed by atoms with Crippen molar-refractivity contribution >= 4 is 28.6 Å². The first kappa shape index (κ1) is 16.1. The van der Waals surface area contributed by atoms with Crippen LogP contribution in [-0.2, 0) is 27.3 Å². The minimum absolute atomic E-state index is 0.123. The predicted molar refractivity (Wildman–Crippen MR) is 102 cm³/mol. The monoisotopic (exact) mass is 375 g/mol. The lowest BCUT2D eigenvalue weighted by Crippen LogP contribution is -2.45. The molecule has 6 heteroatoms. The summed E-state index contributed by atoms with van der Waals surface area (Å²) < 4.78 is 0. The first-order valence-corrected chi connectivity index (χ1v) is 10.0. The summed E-state index contributed by atoms with van der Waals surface area (Å²) in [5, 5.41) is 1.14. The largest absolute Gasteiger partial charge is 0.358 e. The lowest BCUT2D eigenvalue weighted by Gasteiger charge is -2.29. The lowest BCUT2D eigenvalue weighted by atomic mass is 9.85. The van der Waals surface area contributed by atoms with Crippen molar-refractivity contribution in [1.29, 1.82) is 0 Å². The molecule has 1 aromatic carbocycles. The van der Waals surface area contributed by atoms with Crippen molar-refractivity contribution in [3.63, 3.8) is 0 Å². The number of H-pyrrole nitrogens is 1. The van der Waals surface area contributed by atoms with Crippen LogP contribution >= 0.6 is 0 Å². The van der Waals surface area contributed by atoms with E-state index in [9.17, 15) is 14.4 Å². The predicted octanol–water partition coefficient (Wildman–Crippen LogP) is 1.86. The van der Waals surface area contributed by atoms with E-state index in [1.807, 2.05) is 18.2 Å². The number of likely N-dealkylation sites (tertiary alicyclic amines) is 1. The van der Waals surface area contributed by atoms with Gasteiger partial charge in [0, 0.05) is 41.7 Å². The first-order valence-electron chi connectivity index (χ1n) is 10.0. The van der Waals surface area contributed by atoms with Crippen LogP contribution in [0.1, 0.15) is 17.7 Å². The molecule has 3 amide bonds. The Kier molecular flexibility index (Phi) is 3.20. The van der Waals surface area contributed by atoms with Crippen molar-refractivity contribution in [3.05, 3.63) is 47.7 Å². The standard InChI is InChI=1S/C22H21N3O3/c26-18(11-25-21(27)19-12-5-6-13(9-12)20(19)22(25)28)24-8-7-17-15(10-24)14-3-1-2-4-16(14)23-17/h1-6,12-13,19-20,23H,7-11H2. The van der Waals surface area contributed by atoms with E-state index >= 15 is 0 Å². The van der Waals surface area contributed by atoms with Gasteiger partial charge in [-0.15, -0.1) is 0 Å². The smallest absolute Gasteiger partial charge is 0.243 e. The zero-order valence-electron chi connectivity index (χ0n) is 15.4. The summed E-state index contributed by atoms with van der Waals surface area (Å²) in [5.74, 6) is -0.563. The topological polar surface area (TPSA) is 73.5 Å². The third kappa shape index (κ3) is 2.06. The van der Waals surface area contributed by atoms with Gasteiger partial charge in [0.25, 0.3) is 0 Å². The van der Waals surface area contributed by atoms with Crippen molar-refractivity contribution in [2.75, 3.05) is 13.1 Å². The van der Waals surface area contributed by atoms with E-state index in [1.165, 1.54) is 10.6 Å². The van der Waals surface area contributed by atoms with E-state index in [4.69, 9.17) is 0 Å². The Morgan fingerprint density at radius 2 is 1.79 bits per heavy atom. The molecule has 28 heavy (non-hydrogen) atoms. The number of nitrogens with zero attached hydrogens (tertiary/aromatic N) is 2. The van der Waals surface area contributed by atoms with Crippen LogP contribution in [0.15, 0.2) is 36.4 Å². The molecule has 1 saturated heterocycles. The van der Waals surface area contributed by atoms with Gasteiger partial charge in [0.2, 0.25) is 17.7 Å². The SMILES string of the molecule is O=C(CN1C(=O)C2C3C=CC(C3)C2C1=O)N1CCc2[nH]c3ccccc3c2C1. The van der Waals surface area contributed by atoms with Crippen LogP contribution in [0, 0.1) is 23.7 Å². The highest BCUT2D eigenvalue weighted by Crippen LogP contribution is 2.52. The van der Waals surface area contributed by atoms with Crippen LogP contribution in [0.3, 0.4) is 0 Å². The maximum Gasteiger partial charge on any atom is 0.243 e. The lowest BCUT2D eigenvalue weighted by molar-refractivity contribution is -0.147. The number of aromatic amines is 1. The van der Waals surface area contributed by atoms with Gasteiger partial charge in [0.1, 0.15) is 6.54 Å². The third-order valence-corrected chi connectivity index (χ3v) is 7.09. The number of carbonyl (C=O) groups excluding carboxylic acids is 3. The fourth-order valence-corrected chi connectivity index (χ4v) is 5.73. The van der Waals surface area contributed by atoms with Crippen LogP contribution in [0.5, 0.6) is 0 Å². The Morgan fingerprint density at radius 3 is 2.54 bits per heavy atom. The van der Waals surface area contributed by atoms with E-state index < -0.39 is 0 Å². The molecular formula is C22H21N3O3. The number of allylic oxidation sites excluding steroid dienone is 2. The second-order valence-corrected chi connectivity index (χ2v) is 8.46. The highest BCUT2D eigenvalue weighted by molar-refractivity contribution is 6.08. The Hall–Kier alpha value is -2.89. The van der Waals surface area contributed by atoms with E-state index in [1.54, 1.807) is 4.90 Å². The average Bonchev–Trinajstić information content (AvgIpc) is 3.46. The molecule has 2 aliphatic heterocycles. The molecule has 2 aromatic rings. The number of imide groups is 1. The van der Waals surface area contributed by atoms with Gasteiger partial charge in [-0.1, -0.05) is 30.4 Å². The molecule has 2 aliphatic carbocycles. The molecule has 4 aliphatic rings. The normalized spacial score (nSPS) is 30.4. The molecule has 3 heterocycles. The van der Waals surface area contributed by atoms with Gasteiger partial charge >= 0.3 is 0 Å². The van der Waals surface area contributed by atoms with E-state index in [0.29, 0.717) is 13.1 Å².